The van der Waals surface area contributed by atoms with E-state index in [0.29, 0.717) is 18.1 Å². The standard InChI is InChI=1S/C20H18N4O/c1-13-11-17(21)22-20-18(13)23-19(24-20)15-9-7-14(8-10-15)12-25-16-5-3-2-4-6-16/h2-11H,12H2,1H3,(H3,21,22,23,24). The van der Waals surface area contributed by atoms with Crippen molar-refractivity contribution in [1.29, 1.82) is 0 Å². The second-order valence-electron chi connectivity index (χ2n) is 5.95. The van der Waals surface area contributed by atoms with Crippen LogP contribution in [-0.4, -0.2) is 15.0 Å². The maximum Gasteiger partial charge on any atom is 0.160 e. The van der Waals surface area contributed by atoms with Crippen LogP contribution in [0.2, 0.25) is 0 Å². The summed E-state index contributed by atoms with van der Waals surface area (Å²) in [7, 11) is 0. The quantitative estimate of drug-likeness (QED) is 0.591. The molecule has 0 aliphatic rings. The Bertz CT molecular complexity index is 1010. The normalized spacial score (nSPS) is 10.9. The summed E-state index contributed by atoms with van der Waals surface area (Å²) < 4.78 is 5.77. The van der Waals surface area contributed by atoms with Gasteiger partial charge in [-0.1, -0.05) is 42.5 Å². The zero-order valence-corrected chi connectivity index (χ0v) is 13.9. The number of aromatic nitrogens is 3. The topological polar surface area (TPSA) is 76.8 Å². The van der Waals surface area contributed by atoms with E-state index in [4.69, 9.17) is 10.5 Å². The molecule has 5 heteroatoms. The number of H-pyrrole nitrogens is 1. The predicted molar refractivity (Wildman–Crippen MR) is 99.2 cm³/mol. The number of aryl methyl sites for hydroxylation is 1. The number of nitrogens with one attached hydrogen (secondary N) is 1. The van der Waals surface area contributed by atoms with Crippen molar-refractivity contribution >= 4 is 17.0 Å². The minimum atomic E-state index is 0.494. The van der Waals surface area contributed by atoms with Crippen molar-refractivity contribution in [3.63, 3.8) is 0 Å². The monoisotopic (exact) mass is 330 g/mol. The number of hydrogen-bond donors (Lipinski definition) is 2. The molecule has 0 unspecified atom stereocenters. The molecule has 3 N–H and O–H groups in total. The highest BCUT2D eigenvalue weighted by Crippen LogP contribution is 2.23. The van der Waals surface area contributed by atoms with Crippen molar-refractivity contribution in [1.82, 2.24) is 15.0 Å². The minimum Gasteiger partial charge on any atom is -0.489 e. The van der Waals surface area contributed by atoms with Crippen LogP contribution in [-0.2, 0) is 6.61 Å². The van der Waals surface area contributed by atoms with Crippen molar-refractivity contribution in [2.24, 2.45) is 0 Å². The number of pyridine rings is 1. The van der Waals surface area contributed by atoms with E-state index in [1.807, 2.05) is 67.6 Å². The molecule has 0 amide bonds. The summed E-state index contributed by atoms with van der Waals surface area (Å²) in [5.74, 6) is 2.14. The summed E-state index contributed by atoms with van der Waals surface area (Å²) in [6.45, 7) is 2.51. The molecule has 2 aromatic carbocycles. The van der Waals surface area contributed by atoms with Gasteiger partial charge in [0.2, 0.25) is 0 Å². The molecule has 4 rings (SSSR count). The molecule has 0 aliphatic carbocycles. The molecule has 0 spiro atoms. The summed E-state index contributed by atoms with van der Waals surface area (Å²) in [4.78, 5) is 12.2. The summed E-state index contributed by atoms with van der Waals surface area (Å²) in [6.07, 6.45) is 0. The Morgan fingerprint density at radius 2 is 1.76 bits per heavy atom. The van der Waals surface area contributed by atoms with Crippen LogP contribution in [0.25, 0.3) is 22.6 Å². The molecule has 0 bridgehead atoms. The highest BCUT2D eigenvalue weighted by molar-refractivity contribution is 5.80. The van der Waals surface area contributed by atoms with Crippen LogP contribution in [0.15, 0.2) is 60.7 Å². The lowest BCUT2D eigenvalue weighted by molar-refractivity contribution is 0.306. The summed E-state index contributed by atoms with van der Waals surface area (Å²) in [5, 5.41) is 0. The van der Waals surface area contributed by atoms with Crippen LogP contribution in [0.1, 0.15) is 11.1 Å². The van der Waals surface area contributed by atoms with Crippen LogP contribution < -0.4 is 10.5 Å². The maximum atomic E-state index is 5.80. The second-order valence-corrected chi connectivity index (χ2v) is 5.95. The lowest BCUT2D eigenvalue weighted by atomic mass is 10.1. The Morgan fingerprint density at radius 3 is 2.52 bits per heavy atom. The van der Waals surface area contributed by atoms with E-state index < -0.39 is 0 Å². The van der Waals surface area contributed by atoms with E-state index in [1.165, 1.54) is 0 Å². The van der Waals surface area contributed by atoms with Crippen molar-refractivity contribution < 1.29 is 4.74 Å². The van der Waals surface area contributed by atoms with E-state index in [-0.39, 0.29) is 0 Å². The fourth-order valence-corrected chi connectivity index (χ4v) is 2.75. The molecule has 0 atom stereocenters. The highest BCUT2D eigenvalue weighted by Gasteiger charge is 2.09. The van der Waals surface area contributed by atoms with Crippen molar-refractivity contribution in [2.75, 3.05) is 5.73 Å². The van der Waals surface area contributed by atoms with Crippen LogP contribution in [0.3, 0.4) is 0 Å². The Balaban J connectivity index is 1.55. The molecule has 124 valence electrons. The second kappa shape index (κ2) is 6.28. The third-order valence-electron chi connectivity index (χ3n) is 4.04. The molecule has 0 radical (unpaired) electrons. The largest absolute Gasteiger partial charge is 0.489 e. The number of nitrogens with two attached hydrogens (primary N) is 1. The van der Waals surface area contributed by atoms with Gasteiger partial charge in [0, 0.05) is 5.56 Å². The molecular formula is C20H18N4O. The van der Waals surface area contributed by atoms with Gasteiger partial charge < -0.3 is 15.5 Å². The van der Waals surface area contributed by atoms with Gasteiger partial charge in [0.1, 0.15) is 29.5 Å². The first kappa shape index (κ1) is 15.2. The average Bonchev–Trinajstić information content (AvgIpc) is 3.06. The first-order chi connectivity index (χ1) is 12.2. The molecule has 0 saturated heterocycles. The first-order valence-electron chi connectivity index (χ1n) is 8.09. The van der Waals surface area contributed by atoms with Gasteiger partial charge in [0.25, 0.3) is 0 Å². The Hall–Kier alpha value is -3.34. The number of aromatic amines is 1. The van der Waals surface area contributed by atoms with Crippen molar-refractivity contribution in [3.05, 3.63) is 71.8 Å². The molecule has 5 nitrogen and oxygen atoms in total. The van der Waals surface area contributed by atoms with Gasteiger partial charge in [-0.25, -0.2) is 9.97 Å². The summed E-state index contributed by atoms with van der Waals surface area (Å²) in [6, 6.07) is 19.8. The fourth-order valence-electron chi connectivity index (χ4n) is 2.75. The van der Waals surface area contributed by atoms with Gasteiger partial charge in [-0.15, -0.1) is 0 Å². The van der Waals surface area contributed by atoms with Gasteiger partial charge in [-0.05, 0) is 36.2 Å². The van der Waals surface area contributed by atoms with Crippen LogP contribution in [0.5, 0.6) is 5.75 Å². The number of benzene rings is 2. The van der Waals surface area contributed by atoms with Crippen molar-refractivity contribution in [2.45, 2.75) is 13.5 Å². The van der Waals surface area contributed by atoms with Crippen molar-refractivity contribution in [3.8, 4) is 17.1 Å². The summed E-state index contributed by atoms with van der Waals surface area (Å²) in [5.41, 5.74) is 10.5. The number of fused-ring (bicyclic) bond motifs is 1. The number of para-hydroxylation sites is 1. The van der Waals surface area contributed by atoms with E-state index in [0.717, 1.165) is 33.8 Å². The SMILES string of the molecule is Cc1cc(N)nc2[nH]c(-c3ccc(COc4ccccc4)cc3)nc12. The fraction of sp³-hybridized carbons (Fsp3) is 0.100. The zero-order valence-electron chi connectivity index (χ0n) is 13.9. The highest BCUT2D eigenvalue weighted by atomic mass is 16.5. The van der Waals surface area contributed by atoms with Crippen LogP contribution in [0, 0.1) is 6.92 Å². The number of hydrogen-bond acceptors (Lipinski definition) is 4. The molecule has 4 aromatic rings. The Morgan fingerprint density at radius 1 is 1.00 bits per heavy atom. The summed E-state index contributed by atoms with van der Waals surface area (Å²) >= 11 is 0. The first-order valence-corrected chi connectivity index (χ1v) is 8.09. The number of imidazole rings is 1. The molecule has 2 aromatic heterocycles. The predicted octanol–water partition coefficient (Wildman–Crippen LogP) is 4.09. The molecule has 0 fully saturated rings. The van der Waals surface area contributed by atoms with Gasteiger partial charge in [0.05, 0.1) is 0 Å². The van der Waals surface area contributed by atoms with Gasteiger partial charge in [-0.2, -0.15) is 0 Å². The Kier molecular flexibility index (Phi) is 3.82. The maximum absolute atomic E-state index is 5.80. The number of nitrogen functional groups attached to an aromatic ring is 1. The van der Waals surface area contributed by atoms with Gasteiger partial charge >= 0.3 is 0 Å². The molecular weight excluding hydrogens is 312 g/mol. The van der Waals surface area contributed by atoms with Crippen LogP contribution >= 0.6 is 0 Å². The van der Waals surface area contributed by atoms with E-state index in [9.17, 15) is 0 Å². The number of rotatable bonds is 4. The number of ether oxygens (including phenoxy) is 1. The molecule has 0 aliphatic heterocycles. The van der Waals surface area contributed by atoms with Gasteiger partial charge in [0.15, 0.2) is 5.65 Å². The smallest absolute Gasteiger partial charge is 0.160 e. The van der Waals surface area contributed by atoms with E-state index in [1.54, 1.807) is 0 Å². The lowest BCUT2D eigenvalue weighted by Gasteiger charge is -2.06. The molecule has 2 heterocycles. The average molecular weight is 330 g/mol. The third kappa shape index (κ3) is 3.17. The Labute approximate surface area is 145 Å². The van der Waals surface area contributed by atoms with Crippen LogP contribution in [0.4, 0.5) is 5.82 Å². The number of nitrogens with zero attached hydrogens (tertiary/aromatic N) is 2. The molecule has 25 heavy (non-hydrogen) atoms. The number of anilines is 1. The molecule has 0 saturated carbocycles. The lowest BCUT2D eigenvalue weighted by Crippen LogP contribution is -1.95. The van der Waals surface area contributed by atoms with E-state index >= 15 is 0 Å². The van der Waals surface area contributed by atoms with E-state index in [2.05, 4.69) is 15.0 Å². The van der Waals surface area contributed by atoms with Gasteiger partial charge in [-0.3, -0.25) is 0 Å². The third-order valence-corrected chi connectivity index (χ3v) is 4.04. The minimum absolute atomic E-state index is 0.494. The zero-order chi connectivity index (χ0) is 17.2.